The van der Waals surface area contributed by atoms with Gasteiger partial charge in [-0.25, -0.2) is 14.2 Å². The molecular weight excluding hydrogens is 454 g/mol. The Labute approximate surface area is 183 Å². The van der Waals surface area contributed by atoms with Crippen LogP contribution >= 0.6 is 34.5 Å². The summed E-state index contributed by atoms with van der Waals surface area (Å²) in [5.74, 6) is -1.42. The number of nitrogens with zero attached hydrogens (tertiary/aromatic N) is 1. The Morgan fingerprint density at radius 3 is 2.80 bits per heavy atom. The first-order valence-electron chi connectivity index (χ1n) is 8.57. The molecule has 0 unspecified atom stereocenters. The molecule has 0 fully saturated rings. The number of nitrogen functional groups attached to an aromatic ring is 1. The Morgan fingerprint density at radius 2 is 2.10 bits per heavy atom. The maximum Gasteiger partial charge on any atom is 0.345 e. The number of nitrogens with two attached hydrogens (primary N) is 1. The van der Waals surface area contributed by atoms with Crippen molar-refractivity contribution >= 4 is 57.3 Å². The van der Waals surface area contributed by atoms with Crippen LogP contribution in [0.2, 0.25) is 10.0 Å². The van der Waals surface area contributed by atoms with Crippen LogP contribution < -0.4 is 10.5 Å². The molecule has 1 atom stereocenters. The third-order valence-corrected chi connectivity index (χ3v) is 6.28. The molecule has 1 aromatic carbocycles. The maximum absolute atomic E-state index is 13.9. The lowest BCUT2D eigenvalue weighted by atomic mass is 10.1. The lowest BCUT2D eigenvalue weighted by molar-refractivity contribution is 0.0702. The fourth-order valence-corrected chi connectivity index (χ4v) is 4.58. The van der Waals surface area contributed by atoms with Gasteiger partial charge in [0, 0.05) is 27.2 Å². The van der Waals surface area contributed by atoms with E-state index in [0.717, 1.165) is 11.3 Å². The van der Waals surface area contributed by atoms with Gasteiger partial charge in [-0.05, 0) is 31.2 Å². The Balaban J connectivity index is 1.77. The van der Waals surface area contributed by atoms with Crippen LogP contribution in [0.5, 0.6) is 5.75 Å². The van der Waals surface area contributed by atoms with Crippen LogP contribution in [0.25, 0.3) is 21.4 Å². The fraction of sp³-hybridized carbons (Fsp3) is 0.100. The Bertz CT molecular complexity index is 1290. The molecule has 0 aliphatic heterocycles. The zero-order chi connectivity index (χ0) is 21.6. The number of carboxylic acids is 1. The minimum Gasteiger partial charge on any atom is -0.478 e. The highest BCUT2D eigenvalue weighted by Crippen LogP contribution is 2.42. The molecule has 0 saturated carbocycles. The monoisotopic (exact) mass is 466 g/mol. The predicted octanol–water partition coefficient (Wildman–Crippen LogP) is 6.42. The van der Waals surface area contributed by atoms with E-state index in [9.17, 15) is 9.18 Å². The first-order valence-corrected chi connectivity index (χ1v) is 10.1. The van der Waals surface area contributed by atoms with E-state index in [0.29, 0.717) is 21.4 Å². The summed E-state index contributed by atoms with van der Waals surface area (Å²) in [5.41, 5.74) is 7.23. The van der Waals surface area contributed by atoms with E-state index < -0.39 is 17.9 Å². The zero-order valence-corrected chi connectivity index (χ0v) is 17.6. The van der Waals surface area contributed by atoms with Gasteiger partial charge < -0.3 is 20.0 Å². The summed E-state index contributed by atoms with van der Waals surface area (Å²) >= 11 is 13.4. The van der Waals surface area contributed by atoms with E-state index in [2.05, 4.69) is 4.98 Å². The quantitative estimate of drug-likeness (QED) is 0.329. The number of furan rings is 1. The highest BCUT2D eigenvalue weighted by molar-refractivity contribution is 7.17. The largest absolute Gasteiger partial charge is 0.478 e. The lowest BCUT2D eigenvalue weighted by Crippen LogP contribution is -2.08. The van der Waals surface area contributed by atoms with Crippen LogP contribution in [0.3, 0.4) is 0 Å². The van der Waals surface area contributed by atoms with E-state index >= 15 is 0 Å². The molecule has 0 saturated heterocycles. The van der Waals surface area contributed by atoms with E-state index in [-0.39, 0.29) is 32.1 Å². The van der Waals surface area contributed by atoms with Crippen LogP contribution in [0, 0.1) is 5.82 Å². The molecule has 0 radical (unpaired) electrons. The molecule has 30 heavy (non-hydrogen) atoms. The molecule has 4 rings (SSSR count). The standard InChI is InChI=1S/C20H13Cl2FN2O4S/c1-8(15-11(21)2-3-12(23)16(15)22)29-18-17-9(6-25-19(18)24)10(7-28-17)13-4-5-14(30-13)20(26)27/h2-8H,1H3,(H2,24,25)(H,26,27)/t8-/m1/s1. The van der Waals surface area contributed by atoms with Crippen molar-refractivity contribution in [3.8, 4) is 16.2 Å². The number of benzene rings is 1. The van der Waals surface area contributed by atoms with Crippen LogP contribution in [0.15, 0.2) is 41.1 Å². The summed E-state index contributed by atoms with van der Waals surface area (Å²) in [6.45, 7) is 1.65. The van der Waals surface area contributed by atoms with Crippen molar-refractivity contribution in [3.63, 3.8) is 0 Å². The van der Waals surface area contributed by atoms with Gasteiger partial charge >= 0.3 is 5.97 Å². The zero-order valence-electron chi connectivity index (χ0n) is 15.3. The number of rotatable bonds is 5. The van der Waals surface area contributed by atoms with Gasteiger partial charge in [0.25, 0.3) is 0 Å². The minimum atomic E-state index is -1.01. The highest BCUT2D eigenvalue weighted by Gasteiger charge is 2.23. The van der Waals surface area contributed by atoms with Gasteiger partial charge in [0.1, 0.15) is 23.1 Å². The molecule has 3 heterocycles. The van der Waals surface area contributed by atoms with Gasteiger partial charge in [0.2, 0.25) is 5.75 Å². The van der Waals surface area contributed by atoms with E-state index in [1.165, 1.54) is 30.7 Å². The van der Waals surface area contributed by atoms with E-state index in [1.54, 1.807) is 13.0 Å². The summed E-state index contributed by atoms with van der Waals surface area (Å²) in [6, 6.07) is 5.76. The third-order valence-electron chi connectivity index (χ3n) is 4.46. The summed E-state index contributed by atoms with van der Waals surface area (Å²) < 4.78 is 25.5. The molecule has 3 N–H and O–H groups in total. The molecule has 0 spiro atoms. The Hall–Kier alpha value is -2.81. The molecule has 10 heteroatoms. The van der Waals surface area contributed by atoms with E-state index in [4.69, 9.17) is 43.2 Å². The van der Waals surface area contributed by atoms with Gasteiger partial charge in [0.05, 0.1) is 10.4 Å². The van der Waals surface area contributed by atoms with Crippen molar-refractivity contribution in [1.82, 2.24) is 4.98 Å². The number of halogens is 3. The molecular formula is C20H13Cl2FN2O4S. The second-order valence-corrected chi connectivity index (χ2v) is 8.22. The van der Waals surface area contributed by atoms with Crippen LogP contribution in [-0.4, -0.2) is 16.1 Å². The number of aromatic nitrogens is 1. The van der Waals surface area contributed by atoms with Crippen molar-refractivity contribution in [2.24, 2.45) is 0 Å². The number of hydrogen-bond donors (Lipinski definition) is 2. The average molecular weight is 467 g/mol. The molecule has 0 aliphatic carbocycles. The maximum atomic E-state index is 13.9. The number of thiophene rings is 1. The minimum absolute atomic E-state index is 0.0660. The SMILES string of the molecule is C[C@@H](Oc1c(N)ncc2c(-c3ccc(C(=O)O)s3)coc12)c1c(Cl)ccc(F)c1Cl. The summed E-state index contributed by atoms with van der Waals surface area (Å²) in [4.78, 5) is 16.2. The molecule has 154 valence electrons. The molecule has 0 aliphatic rings. The fourth-order valence-electron chi connectivity index (χ4n) is 3.03. The molecule has 4 aromatic rings. The highest BCUT2D eigenvalue weighted by atomic mass is 35.5. The number of anilines is 1. The van der Waals surface area contributed by atoms with Crippen LogP contribution in [0.4, 0.5) is 10.2 Å². The van der Waals surface area contributed by atoms with Gasteiger partial charge in [-0.15, -0.1) is 11.3 Å². The topological polar surface area (TPSA) is 98.6 Å². The second kappa shape index (κ2) is 7.79. The average Bonchev–Trinajstić information content (AvgIpc) is 3.34. The number of pyridine rings is 1. The molecule has 0 bridgehead atoms. The van der Waals surface area contributed by atoms with Crippen molar-refractivity contribution in [2.45, 2.75) is 13.0 Å². The van der Waals surface area contributed by atoms with Crippen molar-refractivity contribution in [1.29, 1.82) is 0 Å². The normalized spacial score (nSPS) is 12.3. The summed E-state index contributed by atoms with van der Waals surface area (Å²) in [6.07, 6.45) is 2.23. The molecule has 0 amide bonds. The Morgan fingerprint density at radius 1 is 1.33 bits per heavy atom. The van der Waals surface area contributed by atoms with Gasteiger partial charge in [-0.2, -0.15) is 0 Å². The van der Waals surface area contributed by atoms with Gasteiger partial charge in [-0.3, -0.25) is 0 Å². The van der Waals surface area contributed by atoms with Crippen LogP contribution in [0.1, 0.15) is 28.3 Å². The van der Waals surface area contributed by atoms with Crippen LogP contribution in [-0.2, 0) is 0 Å². The first kappa shape index (κ1) is 20.5. The second-order valence-electron chi connectivity index (χ2n) is 6.35. The summed E-state index contributed by atoms with van der Waals surface area (Å²) in [7, 11) is 0. The lowest BCUT2D eigenvalue weighted by Gasteiger charge is -2.18. The molecule has 6 nitrogen and oxygen atoms in total. The third kappa shape index (κ3) is 3.47. The number of carboxylic acid groups (broad SMARTS) is 1. The smallest absolute Gasteiger partial charge is 0.345 e. The Kier molecular flexibility index (Phi) is 5.31. The van der Waals surface area contributed by atoms with Gasteiger partial charge in [-0.1, -0.05) is 23.2 Å². The number of carbonyl (C=O) groups is 1. The number of ether oxygens (including phenoxy) is 1. The predicted molar refractivity (Wildman–Crippen MR) is 114 cm³/mol. The first-order chi connectivity index (χ1) is 14.3. The van der Waals surface area contributed by atoms with Crippen molar-refractivity contribution in [3.05, 3.63) is 63.0 Å². The van der Waals surface area contributed by atoms with E-state index in [1.807, 2.05) is 0 Å². The summed E-state index contributed by atoms with van der Waals surface area (Å²) in [5, 5.41) is 9.83. The number of hydrogen-bond acceptors (Lipinski definition) is 6. The number of fused-ring (bicyclic) bond motifs is 1. The van der Waals surface area contributed by atoms with Gasteiger partial charge in [0.15, 0.2) is 11.4 Å². The van der Waals surface area contributed by atoms with Crippen molar-refractivity contribution in [2.75, 3.05) is 5.73 Å². The number of aromatic carboxylic acids is 1. The molecule has 3 aromatic heterocycles. The van der Waals surface area contributed by atoms with Crippen molar-refractivity contribution < 1.29 is 23.4 Å².